The fourth-order valence-corrected chi connectivity index (χ4v) is 1.45. The Bertz CT molecular complexity index is 344. The van der Waals surface area contributed by atoms with Crippen LogP contribution in [0.4, 0.5) is 0 Å². The van der Waals surface area contributed by atoms with E-state index in [2.05, 4.69) is 0 Å². The van der Waals surface area contributed by atoms with Gasteiger partial charge in [0.2, 0.25) is 0 Å². The predicted molar refractivity (Wildman–Crippen MR) is 52.9 cm³/mol. The highest BCUT2D eigenvalue weighted by Gasteiger charge is 2.25. The molecule has 1 aromatic carbocycles. The first kappa shape index (κ1) is 9.19. The average molecular weight is 194 g/mol. The summed E-state index contributed by atoms with van der Waals surface area (Å²) < 4.78 is 11.2. The van der Waals surface area contributed by atoms with Crippen LogP contribution in [0.5, 0.6) is 17.2 Å². The second-order valence-corrected chi connectivity index (χ2v) is 4.09. The van der Waals surface area contributed by atoms with Crippen molar-refractivity contribution in [2.45, 2.75) is 25.9 Å². The minimum Gasteiger partial charge on any atom is -0.508 e. The van der Waals surface area contributed by atoms with Gasteiger partial charge in [-0.1, -0.05) is 0 Å². The quantitative estimate of drug-likeness (QED) is 0.688. The lowest BCUT2D eigenvalue weighted by Gasteiger charge is -2.23. The van der Waals surface area contributed by atoms with Gasteiger partial charge in [-0.25, -0.2) is 0 Å². The summed E-state index contributed by atoms with van der Waals surface area (Å²) in [7, 11) is 0. The molecule has 1 N–H and O–H groups in total. The number of hydrogen-bond donors (Lipinski definition) is 1. The molecule has 1 aliphatic rings. The molecule has 0 fully saturated rings. The predicted octanol–water partition coefficient (Wildman–Crippen LogP) is 2.33. The second-order valence-electron chi connectivity index (χ2n) is 4.09. The van der Waals surface area contributed by atoms with Crippen LogP contribution in [0.25, 0.3) is 0 Å². The minimum atomic E-state index is -0.206. The number of benzene rings is 1. The molecule has 2 rings (SSSR count). The van der Waals surface area contributed by atoms with Crippen molar-refractivity contribution >= 4 is 0 Å². The molecule has 0 bridgehead atoms. The highest BCUT2D eigenvalue weighted by molar-refractivity contribution is 5.45. The van der Waals surface area contributed by atoms with Gasteiger partial charge in [0.25, 0.3) is 0 Å². The number of fused-ring (bicyclic) bond motifs is 1. The largest absolute Gasteiger partial charge is 0.508 e. The monoisotopic (exact) mass is 194 g/mol. The summed E-state index contributed by atoms with van der Waals surface area (Å²) in [5.41, 5.74) is -0.206. The average Bonchev–Trinajstić information content (AvgIpc) is 2.22. The van der Waals surface area contributed by atoms with E-state index < -0.39 is 0 Å². The highest BCUT2D eigenvalue weighted by Crippen LogP contribution is 2.36. The molecule has 0 radical (unpaired) electrons. The third-order valence-corrected chi connectivity index (χ3v) is 2.28. The topological polar surface area (TPSA) is 38.7 Å². The smallest absolute Gasteiger partial charge is 0.164 e. The van der Waals surface area contributed by atoms with Gasteiger partial charge in [0, 0.05) is 12.5 Å². The molecule has 1 heterocycles. The summed E-state index contributed by atoms with van der Waals surface area (Å²) in [6.07, 6.45) is 0.836. The molecule has 0 saturated heterocycles. The molecule has 0 amide bonds. The van der Waals surface area contributed by atoms with Gasteiger partial charge in [-0.05, 0) is 26.0 Å². The van der Waals surface area contributed by atoms with Crippen LogP contribution in [0.2, 0.25) is 0 Å². The molecule has 3 nitrogen and oxygen atoms in total. The molecule has 3 heteroatoms. The zero-order valence-electron chi connectivity index (χ0n) is 8.41. The van der Waals surface area contributed by atoms with Gasteiger partial charge in [0.1, 0.15) is 11.4 Å². The SMILES string of the molecule is CC1(C)CCOc2cc(O)ccc2O1. The molecule has 76 valence electrons. The van der Waals surface area contributed by atoms with Crippen molar-refractivity contribution in [3.8, 4) is 17.2 Å². The lowest BCUT2D eigenvalue weighted by Crippen LogP contribution is -2.28. The fourth-order valence-electron chi connectivity index (χ4n) is 1.45. The second kappa shape index (κ2) is 3.08. The summed E-state index contributed by atoms with van der Waals surface area (Å²) in [5.74, 6) is 1.52. The summed E-state index contributed by atoms with van der Waals surface area (Å²) in [4.78, 5) is 0. The van der Waals surface area contributed by atoms with E-state index in [4.69, 9.17) is 9.47 Å². The lowest BCUT2D eigenvalue weighted by molar-refractivity contribution is 0.101. The van der Waals surface area contributed by atoms with E-state index in [0.717, 1.165) is 6.42 Å². The van der Waals surface area contributed by atoms with Crippen molar-refractivity contribution in [3.05, 3.63) is 18.2 Å². The molecular formula is C11H14O3. The van der Waals surface area contributed by atoms with Crippen LogP contribution in [0.1, 0.15) is 20.3 Å². The van der Waals surface area contributed by atoms with Crippen LogP contribution in [0.15, 0.2) is 18.2 Å². The van der Waals surface area contributed by atoms with Crippen molar-refractivity contribution in [2.75, 3.05) is 6.61 Å². The third kappa shape index (κ3) is 1.76. The van der Waals surface area contributed by atoms with E-state index in [9.17, 15) is 5.11 Å². The van der Waals surface area contributed by atoms with E-state index in [0.29, 0.717) is 18.1 Å². The van der Waals surface area contributed by atoms with Crippen molar-refractivity contribution in [1.82, 2.24) is 0 Å². The molecule has 14 heavy (non-hydrogen) atoms. The fraction of sp³-hybridized carbons (Fsp3) is 0.455. The summed E-state index contributed by atoms with van der Waals surface area (Å²) in [6, 6.07) is 4.91. The zero-order valence-corrected chi connectivity index (χ0v) is 8.41. The maximum absolute atomic E-state index is 9.27. The Labute approximate surface area is 83.3 Å². The molecule has 1 aromatic rings. The van der Waals surface area contributed by atoms with Crippen molar-refractivity contribution < 1.29 is 14.6 Å². The Morgan fingerprint density at radius 1 is 1.29 bits per heavy atom. The Morgan fingerprint density at radius 3 is 2.86 bits per heavy atom. The van der Waals surface area contributed by atoms with Gasteiger partial charge in [-0.2, -0.15) is 0 Å². The molecule has 0 unspecified atom stereocenters. The summed E-state index contributed by atoms with van der Waals surface area (Å²) in [6.45, 7) is 4.67. The van der Waals surface area contributed by atoms with Crippen LogP contribution < -0.4 is 9.47 Å². The van der Waals surface area contributed by atoms with E-state index in [1.165, 1.54) is 0 Å². The molecule has 1 aliphatic heterocycles. The van der Waals surface area contributed by atoms with Crippen molar-refractivity contribution in [1.29, 1.82) is 0 Å². The van der Waals surface area contributed by atoms with Gasteiger partial charge >= 0.3 is 0 Å². The van der Waals surface area contributed by atoms with Gasteiger partial charge < -0.3 is 14.6 Å². The van der Waals surface area contributed by atoms with Crippen LogP contribution in [0, 0.1) is 0 Å². The molecule has 0 aromatic heterocycles. The van der Waals surface area contributed by atoms with Gasteiger partial charge in [0.05, 0.1) is 6.61 Å². The van der Waals surface area contributed by atoms with Gasteiger partial charge in [-0.15, -0.1) is 0 Å². The summed E-state index contributed by atoms with van der Waals surface area (Å²) in [5, 5.41) is 9.27. The molecule has 0 atom stereocenters. The number of hydrogen-bond acceptors (Lipinski definition) is 3. The standard InChI is InChI=1S/C11H14O3/c1-11(2)5-6-13-10-7-8(12)3-4-9(10)14-11/h3-4,7,12H,5-6H2,1-2H3. The lowest BCUT2D eigenvalue weighted by atomic mass is 10.1. The Kier molecular flexibility index (Phi) is 2.02. The molecular weight excluding hydrogens is 180 g/mol. The van der Waals surface area contributed by atoms with E-state index in [1.54, 1.807) is 18.2 Å². The van der Waals surface area contributed by atoms with Gasteiger partial charge in [0.15, 0.2) is 11.5 Å². The van der Waals surface area contributed by atoms with E-state index >= 15 is 0 Å². The van der Waals surface area contributed by atoms with Crippen LogP contribution in [-0.4, -0.2) is 17.3 Å². The van der Waals surface area contributed by atoms with Crippen molar-refractivity contribution in [2.24, 2.45) is 0 Å². The van der Waals surface area contributed by atoms with Crippen LogP contribution in [0.3, 0.4) is 0 Å². The minimum absolute atomic E-state index is 0.201. The normalized spacial score (nSPS) is 18.7. The first-order valence-corrected chi connectivity index (χ1v) is 4.72. The number of rotatable bonds is 0. The Hall–Kier alpha value is -1.38. The molecule has 0 spiro atoms. The van der Waals surface area contributed by atoms with Crippen LogP contribution >= 0.6 is 0 Å². The Morgan fingerprint density at radius 2 is 2.07 bits per heavy atom. The summed E-state index contributed by atoms with van der Waals surface area (Å²) >= 11 is 0. The number of phenols is 1. The van der Waals surface area contributed by atoms with Gasteiger partial charge in [-0.3, -0.25) is 0 Å². The highest BCUT2D eigenvalue weighted by atomic mass is 16.5. The number of ether oxygens (including phenoxy) is 2. The third-order valence-electron chi connectivity index (χ3n) is 2.28. The number of aromatic hydroxyl groups is 1. The Balaban J connectivity index is 2.37. The first-order chi connectivity index (χ1) is 6.57. The molecule has 0 aliphatic carbocycles. The van der Waals surface area contributed by atoms with E-state index in [-0.39, 0.29) is 11.4 Å². The zero-order chi connectivity index (χ0) is 10.2. The van der Waals surface area contributed by atoms with E-state index in [1.807, 2.05) is 13.8 Å². The number of phenolic OH excluding ortho intramolecular Hbond substituents is 1. The molecule has 0 saturated carbocycles. The van der Waals surface area contributed by atoms with Crippen molar-refractivity contribution in [3.63, 3.8) is 0 Å². The maximum Gasteiger partial charge on any atom is 0.164 e. The van der Waals surface area contributed by atoms with Crippen LogP contribution in [-0.2, 0) is 0 Å². The first-order valence-electron chi connectivity index (χ1n) is 4.72. The maximum atomic E-state index is 9.27.